The second-order valence-electron chi connectivity index (χ2n) is 4.90. The van der Waals surface area contributed by atoms with E-state index in [9.17, 15) is 9.59 Å². The summed E-state index contributed by atoms with van der Waals surface area (Å²) in [5, 5.41) is 11.5. The van der Waals surface area contributed by atoms with Gasteiger partial charge in [-0.3, -0.25) is 4.79 Å². The van der Waals surface area contributed by atoms with Gasteiger partial charge in [-0.1, -0.05) is 43.3 Å². The topological polar surface area (TPSA) is 69.6 Å². The molecule has 1 aromatic carbocycles. The Labute approximate surface area is 125 Å². The smallest absolute Gasteiger partial charge is 0.323 e. The van der Waals surface area contributed by atoms with Crippen molar-refractivity contribution in [2.75, 3.05) is 19.6 Å². The molecule has 1 rings (SSSR count). The molecule has 0 saturated carbocycles. The second kappa shape index (κ2) is 8.79. The number of hydrogen-bond acceptors (Lipinski definition) is 2. The molecule has 0 aliphatic carbocycles. The summed E-state index contributed by atoms with van der Waals surface area (Å²) in [6.07, 6.45) is 2.31. The van der Waals surface area contributed by atoms with Gasteiger partial charge < -0.3 is 15.3 Å². The van der Waals surface area contributed by atoms with Crippen LogP contribution in [0, 0.1) is 0 Å². The summed E-state index contributed by atoms with van der Waals surface area (Å²) < 4.78 is 0. The molecule has 0 radical (unpaired) electrons. The molecule has 0 spiro atoms. The molecule has 0 heterocycles. The molecule has 0 bridgehead atoms. The SMILES string of the molecule is C=CCN(CC(=O)O)C(=O)NCCC(C)c1ccccc1. The van der Waals surface area contributed by atoms with Crippen LogP contribution in [-0.2, 0) is 4.79 Å². The summed E-state index contributed by atoms with van der Waals surface area (Å²) in [5.41, 5.74) is 1.22. The minimum absolute atomic E-state index is 0.215. The molecule has 2 N–H and O–H groups in total. The third-order valence-corrected chi connectivity index (χ3v) is 3.19. The summed E-state index contributed by atoms with van der Waals surface area (Å²) in [6, 6.07) is 9.68. The van der Waals surface area contributed by atoms with Gasteiger partial charge in [0.1, 0.15) is 6.54 Å². The van der Waals surface area contributed by atoms with E-state index in [1.807, 2.05) is 18.2 Å². The van der Waals surface area contributed by atoms with Crippen molar-refractivity contribution < 1.29 is 14.7 Å². The third kappa shape index (κ3) is 6.12. The van der Waals surface area contributed by atoms with Gasteiger partial charge in [-0.15, -0.1) is 6.58 Å². The first-order chi connectivity index (χ1) is 10.0. The Morgan fingerprint density at radius 1 is 1.38 bits per heavy atom. The van der Waals surface area contributed by atoms with Gasteiger partial charge in [-0.05, 0) is 17.9 Å². The zero-order valence-electron chi connectivity index (χ0n) is 12.3. The fourth-order valence-corrected chi connectivity index (χ4v) is 1.99. The number of hydrogen-bond donors (Lipinski definition) is 2. The van der Waals surface area contributed by atoms with Gasteiger partial charge in [0.2, 0.25) is 0 Å². The summed E-state index contributed by atoms with van der Waals surface area (Å²) in [6.45, 7) is 6.01. The van der Waals surface area contributed by atoms with E-state index in [1.165, 1.54) is 16.5 Å². The number of carboxylic acid groups (broad SMARTS) is 1. The lowest BCUT2D eigenvalue weighted by molar-refractivity contribution is -0.137. The summed E-state index contributed by atoms with van der Waals surface area (Å²) in [5.74, 6) is -0.705. The van der Waals surface area contributed by atoms with Crippen LogP contribution in [0.25, 0.3) is 0 Å². The predicted molar refractivity (Wildman–Crippen MR) is 82.3 cm³/mol. The highest BCUT2D eigenvalue weighted by Crippen LogP contribution is 2.17. The molecule has 5 nitrogen and oxygen atoms in total. The number of rotatable bonds is 8. The van der Waals surface area contributed by atoms with Crippen LogP contribution in [-0.4, -0.2) is 41.6 Å². The van der Waals surface area contributed by atoms with Crippen LogP contribution in [0.1, 0.15) is 24.8 Å². The molecular weight excluding hydrogens is 268 g/mol. The van der Waals surface area contributed by atoms with Gasteiger partial charge in [0.15, 0.2) is 0 Å². The lowest BCUT2D eigenvalue weighted by Crippen LogP contribution is -2.43. The number of nitrogens with zero attached hydrogens (tertiary/aromatic N) is 1. The molecule has 21 heavy (non-hydrogen) atoms. The van der Waals surface area contributed by atoms with Crippen molar-refractivity contribution in [2.45, 2.75) is 19.3 Å². The Bertz CT molecular complexity index is 474. The number of carbonyl (C=O) groups is 2. The summed E-state index contributed by atoms with van der Waals surface area (Å²) in [7, 11) is 0. The van der Waals surface area contributed by atoms with E-state index >= 15 is 0 Å². The van der Waals surface area contributed by atoms with Crippen molar-refractivity contribution in [3.8, 4) is 0 Å². The van der Waals surface area contributed by atoms with Crippen molar-refractivity contribution in [1.82, 2.24) is 10.2 Å². The van der Waals surface area contributed by atoms with Gasteiger partial charge in [0.05, 0.1) is 0 Å². The number of urea groups is 1. The van der Waals surface area contributed by atoms with Crippen LogP contribution < -0.4 is 5.32 Å². The van der Waals surface area contributed by atoms with Crippen LogP contribution in [0.5, 0.6) is 0 Å². The Kier molecular flexibility index (Phi) is 7.01. The lowest BCUT2D eigenvalue weighted by Gasteiger charge is -2.20. The predicted octanol–water partition coefficient (Wildman–Crippen LogP) is 2.46. The first kappa shape index (κ1) is 16.8. The van der Waals surface area contributed by atoms with E-state index in [0.29, 0.717) is 12.5 Å². The van der Waals surface area contributed by atoms with Gasteiger partial charge in [-0.25, -0.2) is 4.79 Å². The maximum atomic E-state index is 11.9. The van der Waals surface area contributed by atoms with Crippen LogP contribution in [0.15, 0.2) is 43.0 Å². The van der Waals surface area contributed by atoms with E-state index in [0.717, 1.165) is 6.42 Å². The average Bonchev–Trinajstić information content (AvgIpc) is 2.47. The molecule has 0 saturated heterocycles. The highest BCUT2D eigenvalue weighted by Gasteiger charge is 2.15. The molecule has 2 amide bonds. The molecule has 1 atom stereocenters. The van der Waals surface area contributed by atoms with Crippen LogP contribution >= 0.6 is 0 Å². The Hall–Kier alpha value is -2.30. The largest absolute Gasteiger partial charge is 0.480 e. The minimum Gasteiger partial charge on any atom is -0.480 e. The van der Waals surface area contributed by atoms with E-state index in [1.54, 1.807) is 0 Å². The fourth-order valence-electron chi connectivity index (χ4n) is 1.99. The molecule has 1 unspecified atom stereocenters. The first-order valence-corrected chi connectivity index (χ1v) is 6.95. The van der Waals surface area contributed by atoms with Gasteiger partial charge in [0.25, 0.3) is 0 Å². The van der Waals surface area contributed by atoms with Gasteiger partial charge in [-0.2, -0.15) is 0 Å². The molecule has 0 aliphatic heterocycles. The Balaban J connectivity index is 2.41. The zero-order valence-corrected chi connectivity index (χ0v) is 12.3. The maximum Gasteiger partial charge on any atom is 0.323 e. The monoisotopic (exact) mass is 290 g/mol. The Morgan fingerprint density at radius 2 is 2.05 bits per heavy atom. The molecule has 0 fully saturated rings. The zero-order chi connectivity index (χ0) is 15.7. The number of aliphatic carboxylic acids is 1. The van der Waals surface area contributed by atoms with E-state index < -0.39 is 5.97 Å². The van der Waals surface area contributed by atoms with Crippen molar-refractivity contribution in [3.63, 3.8) is 0 Å². The number of amides is 2. The quantitative estimate of drug-likeness (QED) is 0.723. The fraction of sp³-hybridized carbons (Fsp3) is 0.375. The minimum atomic E-state index is -1.04. The molecule has 0 aromatic heterocycles. The standard InChI is InChI=1S/C16H22N2O3/c1-3-11-18(12-15(19)20)16(21)17-10-9-13(2)14-7-5-4-6-8-14/h3-8,13H,1,9-12H2,2H3,(H,17,21)(H,19,20). The van der Waals surface area contributed by atoms with Crippen molar-refractivity contribution >= 4 is 12.0 Å². The molecule has 0 aliphatic rings. The highest BCUT2D eigenvalue weighted by atomic mass is 16.4. The first-order valence-electron chi connectivity index (χ1n) is 6.95. The van der Waals surface area contributed by atoms with E-state index in [-0.39, 0.29) is 19.1 Å². The van der Waals surface area contributed by atoms with Gasteiger partial charge in [0, 0.05) is 13.1 Å². The number of nitrogens with one attached hydrogen (secondary N) is 1. The van der Waals surface area contributed by atoms with Crippen LogP contribution in [0.2, 0.25) is 0 Å². The number of carboxylic acids is 1. The summed E-state index contributed by atoms with van der Waals surface area (Å²) in [4.78, 5) is 23.8. The molecular formula is C16H22N2O3. The van der Waals surface area contributed by atoms with Crippen molar-refractivity contribution in [3.05, 3.63) is 48.6 Å². The van der Waals surface area contributed by atoms with E-state index in [2.05, 4.69) is 31.0 Å². The maximum absolute atomic E-state index is 11.9. The van der Waals surface area contributed by atoms with Crippen molar-refractivity contribution in [2.24, 2.45) is 0 Å². The summed E-state index contributed by atoms with van der Waals surface area (Å²) >= 11 is 0. The van der Waals surface area contributed by atoms with Crippen LogP contribution in [0.3, 0.4) is 0 Å². The van der Waals surface area contributed by atoms with E-state index in [4.69, 9.17) is 5.11 Å². The molecule has 1 aromatic rings. The third-order valence-electron chi connectivity index (χ3n) is 3.19. The Morgan fingerprint density at radius 3 is 2.62 bits per heavy atom. The van der Waals surface area contributed by atoms with Gasteiger partial charge >= 0.3 is 12.0 Å². The molecule has 5 heteroatoms. The number of benzene rings is 1. The molecule has 114 valence electrons. The number of carbonyl (C=O) groups excluding carboxylic acids is 1. The lowest BCUT2D eigenvalue weighted by atomic mass is 9.98. The highest BCUT2D eigenvalue weighted by molar-refractivity contribution is 5.80. The van der Waals surface area contributed by atoms with Crippen LogP contribution in [0.4, 0.5) is 4.79 Å². The normalized spacial score (nSPS) is 11.5. The van der Waals surface area contributed by atoms with Crippen molar-refractivity contribution in [1.29, 1.82) is 0 Å². The second-order valence-corrected chi connectivity index (χ2v) is 4.90. The average molecular weight is 290 g/mol.